The highest BCUT2D eigenvalue weighted by molar-refractivity contribution is 5.81. The average Bonchev–Trinajstić information content (AvgIpc) is 2.47. The number of rotatable bonds is 3. The van der Waals surface area contributed by atoms with Crippen molar-refractivity contribution in [1.82, 2.24) is 4.90 Å². The first kappa shape index (κ1) is 14.4. The fourth-order valence-corrected chi connectivity index (χ4v) is 2.51. The van der Waals surface area contributed by atoms with Crippen LogP contribution in [-0.4, -0.2) is 30.0 Å². The maximum atomic E-state index is 12.3. The van der Waals surface area contributed by atoms with E-state index in [0.29, 0.717) is 17.2 Å². The second-order valence-electron chi connectivity index (χ2n) is 5.43. The maximum Gasteiger partial charge on any atom is 0.263 e. The predicted molar refractivity (Wildman–Crippen MR) is 76.2 cm³/mol. The van der Waals surface area contributed by atoms with E-state index in [2.05, 4.69) is 13.0 Å². The summed E-state index contributed by atoms with van der Waals surface area (Å²) in [6, 6.07) is 8.88. The van der Waals surface area contributed by atoms with Crippen molar-refractivity contribution in [2.24, 2.45) is 5.92 Å². The minimum absolute atomic E-state index is 0.0425. The van der Waals surface area contributed by atoms with Crippen molar-refractivity contribution in [3.63, 3.8) is 0 Å². The molecule has 1 amide bonds. The van der Waals surface area contributed by atoms with Crippen LogP contribution in [0.2, 0.25) is 0 Å². The van der Waals surface area contributed by atoms with E-state index in [9.17, 15) is 4.79 Å². The molecule has 0 radical (unpaired) electrons. The number of benzene rings is 1. The molecule has 0 aromatic heterocycles. The summed E-state index contributed by atoms with van der Waals surface area (Å²) in [5.41, 5.74) is 0.584. The van der Waals surface area contributed by atoms with Crippen molar-refractivity contribution in [1.29, 1.82) is 5.26 Å². The zero-order valence-corrected chi connectivity index (χ0v) is 12.0. The quantitative estimate of drug-likeness (QED) is 0.849. The van der Waals surface area contributed by atoms with Crippen LogP contribution in [0.25, 0.3) is 0 Å². The molecule has 4 heteroatoms. The number of amides is 1. The zero-order valence-electron chi connectivity index (χ0n) is 12.0. The smallest absolute Gasteiger partial charge is 0.263 e. The van der Waals surface area contributed by atoms with E-state index in [0.717, 1.165) is 19.5 Å². The molecule has 20 heavy (non-hydrogen) atoms. The van der Waals surface area contributed by atoms with Gasteiger partial charge in [0, 0.05) is 13.1 Å². The first-order valence-electron chi connectivity index (χ1n) is 7.05. The Labute approximate surface area is 120 Å². The second kappa shape index (κ2) is 6.42. The third-order valence-electron chi connectivity index (χ3n) is 3.61. The Morgan fingerprint density at radius 3 is 2.75 bits per heavy atom. The minimum Gasteiger partial charge on any atom is -0.481 e. The van der Waals surface area contributed by atoms with Gasteiger partial charge < -0.3 is 9.64 Å². The monoisotopic (exact) mass is 272 g/mol. The minimum atomic E-state index is -0.492. The molecule has 1 aromatic carbocycles. The van der Waals surface area contributed by atoms with E-state index in [-0.39, 0.29) is 5.91 Å². The molecular formula is C16H20N2O2. The molecule has 1 aliphatic rings. The third-order valence-corrected chi connectivity index (χ3v) is 3.61. The van der Waals surface area contributed by atoms with E-state index in [1.807, 2.05) is 4.90 Å². The summed E-state index contributed by atoms with van der Waals surface area (Å²) in [4.78, 5) is 14.2. The van der Waals surface area contributed by atoms with Crippen LogP contribution < -0.4 is 4.74 Å². The van der Waals surface area contributed by atoms with E-state index in [4.69, 9.17) is 10.00 Å². The Kier molecular flexibility index (Phi) is 4.62. The topological polar surface area (TPSA) is 53.3 Å². The van der Waals surface area contributed by atoms with Gasteiger partial charge >= 0.3 is 0 Å². The van der Waals surface area contributed by atoms with Crippen molar-refractivity contribution in [2.75, 3.05) is 13.1 Å². The second-order valence-corrected chi connectivity index (χ2v) is 5.43. The molecule has 0 aliphatic carbocycles. The van der Waals surface area contributed by atoms with Gasteiger partial charge in [-0.15, -0.1) is 0 Å². The molecule has 0 N–H and O–H groups in total. The average molecular weight is 272 g/mol. The van der Waals surface area contributed by atoms with Gasteiger partial charge in [-0.3, -0.25) is 4.79 Å². The number of ether oxygens (including phenoxy) is 1. The summed E-state index contributed by atoms with van der Waals surface area (Å²) in [5, 5.41) is 8.74. The Morgan fingerprint density at radius 2 is 2.15 bits per heavy atom. The van der Waals surface area contributed by atoms with Gasteiger partial charge in [0.05, 0.1) is 11.6 Å². The Bertz CT molecular complexity index is 504. The van der Waals surface area contributed by atoms with Crippen LogP contribution in [0.15, 0.2) is 24.3 Å². The number of likely N-dealkylation sites (tertiary alicyclic amines) is 1. The molecule has 0 spiro atoms. The molecule has 0 bridgehead atoms. The molecule has 0 unspecified atom stereocenters. The molecule has 1 fully saturated rings. The van der Waals surface area contributed by atoms with Crippen LogP contribution in [-0.2, 0) is 4.79 Å². The number of nitrogens with zero attached hydrogens (tertiary/aromatic N) is 2. The van der Waals surface area contributed by atoms with Gasteiger partial charge in [-0.1, -0.05) is 6.92 Å². The van der Waals surface area contributed by atoms with Crippen LogP contribution in [0, 0.1) is 17.2 Å². The lowest BCUT2D eigenvalue weighted by Gasteiger charge is -2.32. The molecule has 1 aliphatic heterocycles. The molecule has 4 nitrogen and oxygen atoms in total. The molecule has 1 aromatic rings. The van der Waals surface area contributed by atoms with Gasteiger partial charge in [0.25, 0.3) is 5.91 Å². The van der Waals surface area contributed by atoms with Gasteiger partial charge in [0.2, 0.25) is 0 Å². The number of hydrogen-bond donors (Lipinski definition) is 0. The van der Waals surface area contributed by atoms with Crippen LogP contribution >= 0.6 is 0 Å². The van der Waals surface area contributed by atoms with E-state index >= 15 is 0 Å². The Hall–Kier alpha value is -2.02. The van der Waals surface area contributed by atoms with E-state index in [1.54, 1.807) is 31.2 Å². The van der Waals surface area contributed by atoms with Crippen molar-refractivity contribution < 1.29 is 9.53 Å². The fraction of sp³-hybridized carbons (Fsp3) is 0.500. The molecule has 0 saturated carbocycles. The first-order chi connectivity index (χ1) is 9.60. The molecule has 2 rings (SSSR count). The largest absolute Gasteiger partial charge is 0.481 e. The highest BCUT2D eigenvalue weighted by Gasteiger charge is 2.25. The highest BCUT2D eigenvalue weighted by atomic mass is 16.5. The van der Waals surface area contributed by atoms with Gasteiger partial charge in [-0.25, -0.2) is 0 Å². The number of carbonyl (C=O) groups excluding carboxylic acids is 1. The van der Waals surface area contributed by atoms with Crippen LogP contribution in [0.5, 0.6) is 5.75 Å². The summed E-state index contributed by atoms with van der Waals surface area (Å²) in [6.45, 7) is 5.59. The molecular weight excluding hydrogens is 252 g/mol. The lowest BCUT2D eigenvalue weighted by atomic mass is 10.00. The third kappa shape index (κ3) is 3.51. The van der Waals surface area contributed by atoms with Crippen molar-refractivity contribution >= 4 is 5.91 Å². The lowest BCUT2D eigenvalue weighted by Crippen LogP contribution is -2.45. The summed E-state index contributed by atoms with van der Waals surface area (Å²) in [6.07, 6.45) is 1.76. The SMILES string of the molecule is C[C@@H]1CCCN(C(=O)[C@@H](C)Oc2ccc(C#N)cc2)C1. The van der Waals surface area contributed by atoms with Crippen LogP contribution in [0.3, 0.4) is 0 Å². The van der Waals surface area contributed by atoms with Crippen molar-refractivity contribution in [3.8, 4) is 11.8 Å². The fourth-order valence-electron chi connectivity index (χ4n) is 2.51. The van der Waals surface area contributed by atoms with Gasteiger partial charge in [-0.05, 0) is 49.9 Å². The molecule has 2 atom stereocenters. The van der Waals surface area contributed by atoms with E-state index < -0.39 is 6.10 Å². The number of hydrogen-bond acceptors (Lipinski definition) is 3. The Balaban J connectivity index is 1.94. The normalized spacial score (nSPS) is 20.1. The molecule has 1 heterocycles. The molecule has 106 valence electrons. The predicted octanol–water partition coefficient (Wildman–Crippen LogP) is 2.58. The zero-order chi connectivity index (χ0) is 14.5. The maximum absolute atomic E-state index is 12.3. The summed E-state index contributed by atoms with van der Waals surface area (Å²) in [5.74, 6) is 1.23. The van der Waals surface area contributed by atoms with Gasteiger partial charge in [0.15, 0.2) is 6.10 Å². The summed E-state index contributed by atoms with van der Waals surface area (Å²) < 4.78 is 5.66. The van der Waals surface area contributed by atoms with Crippen molar-refractivity contribution in [3.05, 3.63) is 29.8 Å². The molecule has 1 saturated heterocycles. The van der Waals surface area contributed by atoms with Gasteiger partial charge in [0.1, 0.15) is 5.75 Å². The Morgan fingerprint density at radius 1 is 1.45 bits per heavy atom. The van der Waals surface area contributed by atoms with E-state index in [1.165, 1.54) is 6.42 Å². The highest BCUT2D eigenvalue weighted by Crippen LogP contribution is 2.18. The number of carbonyl (C=O) groups is 1. The van der Waals surface area contributed by atoms with Crippen LogP contribution in [0.1, 0.15) is 32.3 Å². The summed E-state index contributed by atoms with van der Waals surface area (Å²) >= 11 is 0. The van der Waals surface area contributed by atoms with Crippen LogP contribution in [0.4, 0.5) is 0 Å². The first-order valence-corrected chi connectivity index (χ1v) is 7.05. The number of nitriles is 1. The van der Waals surface area contributed by atoms with Gasteiger partial charge in [-0.2, -0.15) is 5.26 Å². The lowest BCUT2D eigenvalue weighted by molar-refractivity contribution is -0.139. The summed E-state index contributed by atoms with van der Waals surface area (Å²) in [7, 11) is 0. The standard InChI is InChI=1S/C16H20N2O2/c1-12-4-3-9-18(11-12)16(19)13(2)20-15-7-5-14(10-17)6-8-15/h5-8,12-13H,3-4,9,11H2,1-2H3/t12-,13-/m1/s1. The van der Waals surface area contributed by atoms with Crippen molar-refractivity contribution in [2.45, 2.75) is 32.8 Å². The number of piperidine rings is 1.